The third-order valence-corrected chi connectivity index (χ3v) is 2.46. The maximum Gasteiger partial charge on any atom is 0.244 e. The predicted octanol–water partition coefficient (Wildman–Crippen LogP) is 2.49. The molecule has 0 heterocycles. The molecule has 0 saturated heterocycles. The lowest BCUT2D eigenvalue weighted by molar-refractivity contribution is -0.118. The second-order valence-electron chi connectivity index (χ2n) is 4.90. The lowest BCUT2D eigenvalue weighted by Gasteiger charge is -2.25. The van der Waals surface area contributed by atoms with E-state index in [1.54, 1.807) is 13.2 Å². The van der Waals surface area contributed by atoms with Gasteiger partial charge in [0.2, 0.25) is 5.91 Å². The number of hydrogen-bond donors (Lipinski definition) is 1. The summed E-state index contributed by atoms with van der Waals surface area (Å²) < 4.78 is 22.7. The average molecular weight is 281 g/mol. The Morgan fingerprint density at radius 1 is 1.40 bits per heavy atom. The smallest absolute Gasteiger partial charge is 0.244 e. The van der Waals surface area contributed by atoms with Crippen molar-refractivity contribution in [1.82, 2.24) is 5.32 Å². The second kappa shape index (κ2) is 7.53. The van der Waals surface area contributed by atoms with Gasteiger partial charge in [-0.25, -0.2) is 4.39 Å². The summed E-state index contributed by atoms with van der Waals surface area (Å²) in [6.45, 7) is 3.28. The highest BCUT2D eigenvalue weighted by atomic mass is 19.1. The van der Waals surface area contributed by atoms with Gasteiger partial charge in [0.15, 0.2) is 0 Å². The molecule has 20 heavy (non-hydrogen) atoms. The number of carbonyl (C=O) groups is 1. The van der Waals surface area contributed by atoms with E-state index in [4.69, 9.17) is 9.47 Å². The van der Waals surface area contributed by atoms with Crippen molar-refractivity contribution in [2.24, 2.45) is 0 Å². The Balaban J connectivity index is 2.53. The van der Waals surface area contributed by atoms with E-state index >= 15 is 0 Å². The van der Waals surface area contributed by atoms with Crippen LogP contribution in [0.5, 0.6) is 11.5 Å². The van der Waals surface area contributed by atoms with Gasteiger partial charge in [-0.3, -0.25) is 4.79 Å². The van der Waals surface area contributed by atoms with E-state index < -0.39 is 12.2 Å². The number of carbonyl (C=O) groups excluding carboxylic acids is 1. The number of alkyl halides is 1. The van der Waals surface area contributed by atoms with Gasteiger partial charge < -0.3 is 14.8 Å². The number of benzene rings is 1. The molecule has 0 aromatic heterocycles. The Bertz CT molecular complexity index is 472. The van der Waals surface area contributed by atoms with Crippen LogP contribution in [-0.4, -0.2) is 31.8 Å². The Kier molecular flexibility index (Phi) is 6.03. The van der Waals surface area contributed by atoms with E-state index in [1.807, 2.05) is 32.0 Å². The molecule has 0 aliphatic heterocycles. The first-order valence-electron chi connectivity index (χ1n) is 6.28. The third-order valence-electron chi connectivity index (χ3n) is 2.46. The van der Waals surface area contributed by atoms with Crippen LogP contribution in [0.4, 0.5) is 4.39 Å². The normalized spacial score (nSPS) is 11.4. The minimum absolute atomic E-state index is 0.287. The zero-order chi connectivity index (χ0) is 15.0. The minimum atomic E-state index is -0.659. The van der Waals surface area contributed by atoms with E-state index in [1.165, 1.54) is 6.08 Å². The molecule has 0 radical (unpaired) electrons. The molecule has 1 aromatic rings. The average Bonchev–Trinajstić information content (AvgIpc) is 2.43. The fraction of sp³-hybridized carbons (Fsp3) is 0.400. The van der Waals surface area contributed by atoms with Gasteiger partial charge in [-0.15, -0.1) is 0 Å². The maximum atomic E-state index is 11.9. The van der Waals surface area contributed by atoms with Crippen LogP contribution in [0.2, 0.25) is 0 Å². The highest BCUT2D eigenvalue weighted by Gasteiger charge is 2.20. The van der Waals surface area contributed by atoms with Gasteiger partial charge >= 0.3 is 0 Å². The topological polar surface area (TPSA) is 47.6 Å². The Morgan fingerprint density at radius 3 is 2.75 bits per heavy atom. The molecule has 1 N–H and O–H groups in total. The Labute approximate surface area is 118 Å². The predicted molar refractivity (Wildman–Crippen MR) is 75.8 cm³/mol. The van der Waals surface area contributed by atoms with Crippen LogP contribution in [0.25, 0.3) is 0 Å². The molecule has 0 spiro atoms. The molecular formula is C15H20FNO3. The third kappa shape index (κ3) is 5.73. The van der Waals surface area contributed by atoms with Crippen LogP contribution < -0.4 is 14.8 Å². The van der Waals surface area contributed by atoms with Gasteiger partial charge in [-0.2, -0.15) is 0 Å². The molecule has 4 nitrogen and oxygen atoms in total. The van der Waals surface area contributed by atoms with E-state index in [-0.39, 0.29) is 12.5 Å². The van der Waals surface area contributed by atoms with Crippen molar-refractivity contribution in [3.8, 4) is 11.5 Å². The highest BCUT2D eigenvalue weighted by Crippen LogP contribution is 2.19. The van der Waals surface area contributed by atoms with E-state index in [9.17, 15) is 9.18 Å². The molecule has 0 bridgehead atoms. The lowest BCUT2D eigenvalue weighted by Crippen LogP contribution is -2.47. The zero-order valence-electron chi connectivity index (χ0n) is 12.0. The van der Waals surface area contributed by atoms with Crippen LogP contribution in [0.3, 0.4) is 0 Å². The molecule has 0 atom stereocenters. The van der Waals surface area contributed by atoms with Crippen LogP contribution in [0.1, 0.15) is 13.8 Å². The molecule has 0 unspecified atom stereocenters. The molecule has 0 aliphatic rings. The van der Waals surface area contributed by atoms with Crippen molar-refractivity contribution in [3.05, 3.63) is 36.4 Å². The van der Waals surface area contributed by atoms with Gasteiger partial charge in [0.1, 0.15) is 24.8 Å². The van der Waals surface area contributed by atoms with Gasteiger partial charge in [-0.05, 0) is 32.1 Å². The highest BCUT2D eigenvalue weighted by molar-refractivity contribution is 5.88. The summed E-state index contributed by atoms with van der Waals surface area (Å²) in [5, 5.41) is 2.74. The first-order chi connectivity index (χ1) is 9.46. The fourth-order valence-electron chi connectivity index (χ4n) is 1.52. The van der Waals surface area contributed by atoms with Crippen LogP contribution in [-0.2, 0) is 4.79 Å². The van der Waals surface area contributed by atoms with E-state index in [2.05, 4.69) is 5.32 Å². The molecule has 5 heteroatoms. The molecule has 0 aliphatic carbocycles. The number of methoxy groups -OCH3 is 1. The lowest BCUT2D eigenvalue weighted by atomic mass is 10.1. The number of allylic oxidation sites excluding steroid dienone is 1. The Morgan fingerprint density at radius 2 is 2.10 bits per heavy atom. The molecule has 0 saturated carbocycles. The van der Waals surface area contributed by atoms with Gasteiger partial charge in [0, 0.05) is 12.1 Å². The van der Waals surface area contributed by atoms with Crippen LogP contribution in [0.15, 0.2) is 36.4 Å². The molecular weight excluding hydrogens is 261 g/mol. The van der Waals surface area contributed by atoms with E-state index in [0.29, 0.717) is 11.5 Å². The van der Waals surface area contributed by atoms with Crippen LogP contribution in [0, 0.1) is 0 Å². The number of halogens is 1. The summed E-state index contributed by atoms with van der Waals surface area (Å²) in [6.07, 6.45) is 2.33. The number of ether oxygens (including phenoxy) is 2. The quantitative estimate of drug-likeness (QED) is 0.781. The zero-order valence-corrected chi connectivity index (χ0v) is 12.0. The molecule has 0 fully saturated rings. The van der Waals surface area contributed by atoms with Crippen molar-refractivity contribution >= 4 is 5.91 Å². The molecule has 110 valence electrons. The van der Waals surface area contributed by atoms with Gasteiger partial charge in [0.05, 0.1) is 12.6 Å². The fourth-order valence-corrected chi connectivity index (χ4v) is 1.52. The SMILES string of the molecule is COc1cccc(OCC(C)(C)NC(=O)/C=C/CF)c1. The summed E-state index contributed by atoms with van der Waals surface area (Å²) in [6, 6.07) is 7.22. The summed E-state index contributed by atoms with van der Waals surface area (Å²) in [5.41, 5.74) is -0.569. The number of hydrogen-bond acceptors (Lipinski definition) is 3. The molecule has 1 amide bonds. The number of nitrogens with one attached hydrogen (secondary N) is 1. The first kappa shape index (κ1) is 16.0. The second-order valence-corrected chi connectivity index (χ2v) is 4.90. The van der Waals surface area contributed by atoms with Gasteiger partial charge in [-0.1, -0.05) is 6.07 Å². The van der Waals surface area contributed by atoms with Crippen molar-refractivity contribution in [2.45, 2.75) is 19.4 Å². The van der Waals surface area contributed by atoms with Crippen molar-refractivity contribution < 1.29 is 18.7 Å². The van der Waals surface area contributed by atoms with Crippen molar-refractivity contribution in [1.29, 1.82) is 0 Å². The number of amides is 1. The molecule has 1 aromatic carbocycles. The minimum Gasteiger partial charge on any atom is -0.497 e. The summed E-state index contributed by atoms with van der Waals surface area (Å²) >= 11 is 0. The van der Waals surface area contributed by atoms with Crippen molar-refractivity contribution in [3.63, 3.8) is 0 Å². The summed E-state index contributed by atoms with van der Waals surface area (Å²) in [5.74, 6) is 1.02. The monoisotopic (exact) mass is 281 g/mol. The maximum absolute atomic E-state index is 11.9. The molecule has 1 rings (SSSR count). The largest absolute Gasteiger partial charge is 0.497 e. The Hall–Kier alpha value is -2.04. The summed E-state index contributed by atoms with van der Waals surface area (Å²) in [7, 11) is 1.58. The van der Waals surface area contributed by atoms with Crippen LogP contribution >= 0.6 is 0 Å². The first-order valence-corrected chi connectivity index (χ1v) is 6.28. The summed E-state index contributed by atoms with van der Waals surface area (Å²) in [4.78, 5) is 11.5. The standard InChI is InChI=1S/C15H20FNO3/c1-15(2,17-14(18)8-5-9-16)11-20-13-7-4-6-12(10-13)19-3/h4-8,10H,9,11H2,1-3H3,(H,17,18)/b8-5+. The van der Waals surface area contributed by atoms with Crippen molar-refractivity contribution in [2.75, 3.05) is 20.4 Å². The van der Waals surface area contributed by atoms with E-state index in [0.717, 1.165) is 6.08 Å². The number of rotatable bonds is 7. The van der Waals surface area contributed by atoms with Gasteiger partial charge in [0.25, 0.3) is 0 Å².